The first kappa shape index (κ1) is 16.6. The number of unbranched alkanes of at least 4 members (excludes halogenated alkanes) is 7. The molecule has 0 saturated heterocycles. The molecule has 0 aromatic carbocycles. The Labute approximate surface area is 107 Å². The van der Waals surface area contributed by atoms with Crippen LogP contribution >= 0.6 is 0 Å². The molecule has 3 nitrogen and oxygen atoms in total. The number of aliphatic carboxylic acids is 1. The van der Waals surface area contributed by atoms with E-state index in [4.69, 9.17) is 5.11 Å². The van der Waals surface area contributed by atoms with Gasteiger partial charge in [0, 0.05) is 22.3 Å². The molecule has 102 valence electrons. The maximum absolute atomic E-state index is 11.4. The van der Waals surface area contributed by atoms with E-state index in [1.165, 1.54) is 38.5 Å². The van der Waals surface area contributed by atoms with Crippen LogP contribution in [0, 0.1) is 0 Å². The standard InChI is InChI=1S/C13H26O3S/c1-2-3-4-5-6-7-8-9-11-17(16)12-10-13(14)15/h2-12H2,1H3,(H,14,15). The van der Waals surface area contributed by atoms with Gasteiger partial charge in [0.15, 0.2) is 0 Å². The van der Waals surface area contributed by atoms with Crippen molar-refractivity contribution in [3.05, 3.63) is 0 Å². The molecule has 0 rings (SSSR count). The summed E-state index contributed by atoms with van der Waals surface area (Å²) in [4.78, 5) is 10.3. The summed E-state index contributed by atoms with van der Waals surface area (Å²) in [5.41, 5.74) is 0. The summed E-state index contributed by atoms with van der Waals surface area (Å²) in [5.74, 6) is 0.128. The normalized spacial score (nSPS) is 12.5. The van der Waals surface area contributed by atoms with Crippen molar-refractivity contribution in [1.29, 1.82) is 0 Å². The minimum atomic E-state index is -0.932. The monoisotopic (exact) mass is 262 g/mol. The molecular weight excluding hydrogens is 236 g/mol. The molecule has 0 aromatic rings. The fourth-order valence-electron chi connectivity index (χ4n) is 1.70. The zero-order valence-electron chi connectivity index (χ0n) is 11.0. The maximum Gasteiger partial charge on any atom is 0.304 e. The quantitative estimate of drug-likeness (QED) is 0.549. The SMILES string of the molecule is CCCCCCCCCCS(=O)CCC(=O)O. The van der Waals surface area contributed by atoms with Crippen molar-refractivity contribution in [1.82, 2.24) is 0 Å². The molecule has 0 radical (unpaired) electrons. The van der Waals surface area contributed by atoms with E-state index in [1.54, 1.807) is 0 Å². The molecule has 4 heteroatoms. The summed E-state index contributed by atoms with van der Waals surface area (Å²) in [6.45, 7) is 2.21. The van der Waals surface area contributed by atoms with Gasteiger partial charge in [0.05, 0.1) is 6.42 Å². The summed E-state index contributed by atoms with van der Waals surface area (Å²) in [6, 6.07) is 0. The van der Waals surface area contributed by atoms with E-state index in [-0.39, 0.29) is 6.42 Å². The van der Waals surface area contributed by atoms with Crippen molar-refractivity contribution < 1.29 is 14.1 Å². The first-order valence-electron chi connectivity index (χ1n) is 6.73. The Kier molecular flexibility index (Phi) is 11.8. The second-order valence-corrected chi connectivity index (χ2v) is 6.16. The molecule has 0 aliphatic heterocycles. The van der Waals surface area contributed by atoms with Crippen LogP contribution in [0.2, 0.25) is 0 Å². The number of carboxylic acid groups (broad SMARTS) is 1. The van der Waals surface area contributed by atoms with Gasteiger partial charge in [-0.2, -0.15) is 0 Å². The highest BCUT2D eigenvalue weighted by molar-refractivity contribution is 7.84. The molecule has 0 spiro atoms. The summed E-state index contributed by atoms with van der Waals surface area (Å²) in [7, 11) is -0.932. The lowest BCUT2D eigenvalue weighted by Crippen LogP contribution is -2.07. The van der Waals surface area contributed by atoms with E-state index in [9.17, 15) is 9.00 Å². The topological polar surface area (TPSA) is 54.4 Å². The molecular formula is C13H26O3S. The Bertz CT molecular complexity index is 217. The Morgan fingerprint density at radius 3 is 2.00 bits per heavy atom. The zero-order chi connectivity index (χ0) is 12.9. The van der Waals surface area contributed by atoms with Gasteiger partial charge in [-0.25, -0.2) is 0 Å². The minimum Gasteiger partial charge on any atom is -0.481 e. The smallest absolute Gasteiger partial charge is 0.304 e. The van der Waals surface area contributed by atoms with Crippen molar-refractivity contribution in [3.8, 4) is 0 Å². The van der Waals surface area contributed by atoms with Crippen LogP contribution in [0.4, 0.5) is 0 Å². The number of rotatable bonds is 12. The number of hydrogen-bond acceptors (Lipinski definition) is 2. The summed E-state index contributed by atoms with van der Waals surface area (Å²) in [5, 5.41) is 8.44. The third-order valence-electron chi connectivity index (χ3n) is 2.77. The second-order valence-electron chi connectivity index (χ2n) is 4.47. The molecule has 0 aliphatic carbocycles. The van der Waals surface area contributed by atoms with Crippen LogP contribution in [-0.4, -0.2) is 26.8 Å². The first-order chi connectivity index (χ1) is 8.16. The van der Waals surface area contributed by atoms with E-state index in [0.717, 1.165) is 12.8 Å². The van der Waals surface area contributed by atoms with Crippen molar-refractivity contribution >= 4 is 16.8 Å². The highest BCUT2D eigenvalue weighted by Gasteiger charge is 2.03. The minimum absolute atomic E-state index is 0.0314. The van der Waals surface area contributed by atoms with Crippen molar-refractivity contribution in [2.24, 2.45) is 0 Å². The van der Waals surface area contributed by atoms with Crippen LogP contribution in [0.3, 0.4) is 0 Å². The van der Waals surface area contributed by atoms with Crippen LogP contribution in [0.1, 0.15) is 64.7 Å². The predicted molar refractivity (Wildman–Crippen MR) is 72.7 cm³/mol. The van der Waals surface area contributed by atoms with Gasteiger partial charge in [0.2, 0.25) is 0 Å². The van der Waals surface area contributed by atoms with Crippen molar-refractivity contribution in [3.63, 3.8) is 0 Å². The van der Waals surface area contributed by atoms with Gasteiger partial charge in [-0.15, -0.1) is 0 Å². The van der Waals surface area contributed by atoms with Gasteiger partial charge in [0.1, 0.15) is 0 Å². The average Bonchev–Trinajstić information content (AvgIpc) is 2.30. The van der Waals surface area contributed by atoms with Gasteiger partial charge < -0.3 is 5.11 Å². The lowest BCUT2D eigenvalue weighted by Gasteiger charge is -2.02. The molecule has 0 fully saturated rings. The van der Waals surface area contributed by atoms with Gasteiger partial charge in [-0.1, -0.05) is 51.9 Å². The fourth-order valence-corrected chi connectivity index (χ4v) is 2.83. The van der Waals surface area contributed by atoms with E-state index >= 15 is 0 Å². The molecule has 0 saturated carbocycles. The molecule has 0 bridgehead atoms. The summed E-state index contributed by atoms with van der Waals surface area (Å²) >= 11 is 0. The molecule has 0 heterocycles. The van der Waals surface area contributed by atoms with Crippen LogP contribution in [0.15, 0.2) is 0 Å². The highest BCUT2D eigenvalue weighted by atomic mass is 32.2. The number of carboxylic acids is 1. The van der Waals surface area contributed by atoms with Crippen molar-refractivity contribution in [2.45, 2.75) is 64.7 Å². The summed E-state index contributed by atoms with van der Waals surface area (Å²) < 4.78 is 11.4. The van der Waals surface area contributed by atoms with Gasteiger partial charge in [-0.05, 0) is 6.42 Å². The van der Waals surface area contributed by atoms with Gasteiger partial charge >= 0.3 is 5.97 Å². The fraction of sp³-hybridized carbons (Fsp3) is 0.923. The Morgan fingerprint density at radius 2 is 1.47 bits per heavy atom. The van der Waals surface area contributed by atoms with Gasteiger partial charge in [-0.3, -0.25) is 9.00 Å². The van der Waals surface area contributed by atoms with E-state index in [2.05, 4.69) is 6.92 Å². The Balaban J connectivity index is 3.16. The molecule has 1 N–H and O–H groups in total. The lowest BCUT2D eigenvalue weighted by atomic mass is 10.1. The van der Waals surface area contributed by atoms with Crippen molar-refractivity contribution in [2.75, 3.05) is 11.5 Å². The molecule has 0 aliphatic rings. The second kappa shape index (κ2) is 12.1. The van der Waals surface area contributed by atoms with E-state index in [1.807, 2.05) is 0 Å². The van der Waals surface area contributed by atoms with E-state index in [0.29, 0.717) is 11.5 Å². The molecule has 0 amide bonds. The van der Waals surface area contributed by atoms with Crippen LogP contribution in [0.5, 0.6) is 0 Å². The largest absolute Gasteiger partial charge is 0.481 e. The maximum atomic E-state index is 11.4. The Morgan fingerprint density at radius 1 is 0.941 bits per heavy atom. The number of hydrogen-bond donors (Lipinski definition) is 1. The third-order valence-corrected chi connectivity index (χ3v) is 4.17. The van der Waals surface area contributed by atoms with Crippen LogP contribution in [-0.2, 0) is 15.6 Å². The molecule has 17 heavy (non-hydrogen) atoms. The van der Waals surface area contributed by atoms with E-state index < -0.39 is 16.8 Å². The summed E-state index contributed by atoms with van der Waals surface area (Å²) in [6.07, 6.45) is 9.90. The third kappa shape index (κ3) is 13.6. The Hall–Kier alpha value is -0.380. The molecule has 0 aromatic heterocycles. The predicted octanol–water partition coefficient (Wildman–Crippen LogP) is 3.35. The van der Waals surface area contributed by atoms with Crippen LogP contribution < -0.4 is 0 Å². The van der Waals surface area contributed by atoms with Crippen LogP contribution in [0.25, 0.3) is 0 Å². The zero-order valence-corrected chi connectivity index (χ0v) is 11.8. The first-order valence-corrected chi connectivity index (χ1v) is 8.22. The molecule has 1 unspecified atom stereocenters. The average molecular weight is 262 g/mol. The molecule has 1 atom stereocenters. The lowest BCUT2D eigenvalue weighted by molar-refractivity contribution is -0.136. The van der Waals surface area contributed by atoms with Gasteiger partial charge in [0.25, 0.3) is 0 Å². The number of carbonyl (C=O) groups is 1. The highest BCUT2D eigenvalue weighted by Crippen LogP contribution is 2.08.